The highest BCUT2D eigenvalue weighted by Crippen LogP contribution is 2.30. The Labute approximate surface area is 131 Å². The topological polar surface area (TPSA) is 49.9 Å². The number of sulfonamides is 1. The van der Waals surface area contributed by atoms with Crippen molar-refractivity contribution < 1.29 is 13.2 Å². The molecule has 1 atom stereocenters. The zero-order valence-electron chi connectivity index (χ0n) is 12.5. The van der Waals surface area contributed by atoms with Crippen molar-refractivity contribution in [3.63, 3.8) is 0 Å². The van der Waals surface area contributed by atoms with Crippen LogP contribution in [0.2, 0.25) is 0 Å². The summed E-state index contributed by atoms with van der Waals surface area (Å²) >= 11 is 5.78. The second-order valence-corrected chi connectivity index (χ2v) is 7.56. The van der Waals surface area contributed by atoms with Gasteiger partial charge in [0.15, 0.2) is 0 Å². The Balaban J connectivity index is 2.32. The highest BCUT2D eigenvalue weighted by molar-refractivity contribution is 7.89. The molecule has 1 heterocycles. The van der Waals surface area contributed by atoms with Gasteiger partial charge in [-0.3, -0.25) is 0 Å². The molecule has 118 valence electrons. The standard InChI is InChI=1S/C14H21ClN2O3S/c1-16(2)12-6-7-17(10-12)21(18,19)14-5-4-11(9-15)8-13(14)20-3/h4-5,8,12H,6-7,9-10H2,1-3H3. The lowest BCUT2D eigenvalue weighted by atomic mass is 10.2. The first-order valence-corrected chi connectivity index (χ1v) is 8.77. The normalized spacial score (nSPS) is 20.1. The lowest BCUT2D eigenvalue weighted by molar-refractivity contribution is 0.302. The van der Waals surface area contributed by atoms with E-state index in [4.69, 9.17) is 16.3 Å². The number of nitrogens with zero attached hydrogens (tertiary/aromatic N) is 2. The number of halogens is 1. The van der Waals surface area contributed by atoms with Gasteiger partial charge in [0.05, 0.1) is 7.11 Å². The maximum absolute atomic E-state index is 12.8. The van der Waals surface area contributed by atoms with E-state index in [1.165, 1.54) is 11.4 Å². The van der Waals surface area contributed by atoms with Crippen LogP contribution in [0.15, 0.2) is 23.1 Å². The second-order valence-electron chi connectivity index (χ2n) is 5.39. The molecule has 7 heteroatoms. The fraction of sp³-hybridized carbons (Fsp3) is 0.571. The van der Waals surface area contributed by atoms with Gasteiger partial charge in [-0.1, -0.05) is 6.07 Å². The fourth-order valence-electron chi connectivity index (χ4n) is 2.50. The van der Waals surface area contributed by atoms with Gasteiger partial charge in [0.2, 0.25) is 10.0 Å². The van der Waals surface area contributed by atoms with Crippen LogP contribution in [-0.2, 0) is 15.9 Å². The maximum Gasteiger partial charge on any atom is 0.246 e. The first-order valence-electron chi connectivity index (χ1n) is 6.79. The number of ether oxygens (including phenoxy) is 1. The molecular weight excluding hydrogens is 312 g/mol. The molecule has 2 rings (SSSR count). The fourth-order valence-corrected chi connectivity index (χ4v) is 4.29. The van der Waals surface area contributed by atoms with Crippen LogP contribution < -0.4 is 4.74 Å². The van der Waals surface area contributed by atoms with E-state index >= 15 is 0 Å². The summed E-state index contributed by atoms with van der Waals surface area (Å²) in [4.78, 5) is 2.27. The molecule has 0 spiro atoms. The van der Waals surface area contributed by atoms with Crippen molar-refractivity contribution in [2.75, 3.05) is 34.3 Å². The van der Waals surface area contributed by atoms with Crippen LogP contribution in [-0.4, -0.2) is 58.0 Å². The Kier molecular flexibility index (Phi) is 5.14. The van der Waals surface area contributed by atoms with Gasteiger partial charge in [0.1, 0.15) is 10.6 Å². The van der Waals surface area contributed by atoms with Crippen molar-refractivity contribution in [1.82, 2.24) is 9.21 Å². The Morgan fingerprint density at radius 2 is 2.14 bits per heavy atom. The van der Waals surface area contributed by atoms with Crippen molar-refractivity contribution in [2.24, 2.45) is 0 Å². The average molecular weight is 333 g/mol. The van der Waals surface area contributed by atoms with E-state index in [0.717, 1.165) is 12.0 Å². The van der Waals surface area contributed by atoms with Gasteiger partial charge in [-0.15, -0.1) is 11.6 Å². The van der Waals surface area contributed by atoms with E-state index in [1.54, 1.807) is 18.2 Å². The maximum atomic E-state index is 12.8. The van der Waals surface area contributed by atoms with E-state index in [0.29, 0.717) is 24.7 Å². The highest BCUT2D eigenvalue weighted by atomic mass is 35.5. The minimum absolute atomic E-state index is 0.207. The van der Waals surface area contributed by atoms with E-state index < -0.39 is 10.0 Å². The van der Waals surface area contributed by atoms with Crippen molar-refractivity contribution >= 4 is 21.6 Å². The minimum atomic E-state index is -3.53. The Hall–Kier alpha value is -0.820. The number of methoxy groups -OCH3 is 1. The van der Waals surface area contributed by atoms with Gasteiger partial charge in [0.25, 0.3) is 0 Å². The molecule has 0 saturated carbocycles. The Bertz CT molecular complexity index is 604. The Morgan fingerprint density at radius 3 is 2.67 bits per heavy atom. The summed E-state index contributed by atoms with van der Waals surface area (Å²) in [5, 5.41) is 0. The van der Waals surface area contributed by atoms with Crippen molar-refractivity contribution in [2.45, 2.75) is 23.2 Å². The number of hydrogen-bond donors (Lipinski definition) is 0. The summed E-state index contributed by atoms with van der Waals surface area (Å²) in [7, 11) is 1.87. The summed E-state index contributed by atoms with van der Waals surface area (Å²) in [6.07, 6.45) is 0.842. The summed E-state index contributed by atoms with van der Waals surface area (Å²) < 4.78 is 32.3. The summed E-state index contributed by atoms with van der Waals surface area (Å²) in [6.45, 7) is 1.04. The third-order valence-electron chi connectivity index (χ3n) is 3.86. The predicted molar refractivity (Wildman–Crippen MR) is 83.4 cm³/mol. The molecule has 1 aromatic carbocycles. The van der Waals surface area contributed by atoms with Gasteiger partial charge in [-0.25, -0.2) is 8.42 Å². The van der Waals surface area contributed by atoms with Crippen molar-refractivity contribution in [1.29, 1.82) is 0 Å². The molecule has 0 radical (unpaired) electrons. The zero-order valence-corrected chi connectivity index (χ0v) is 14.1. The third-order valence-corrected chi connectivity index (χ3v) is 6.07. The molecule has 5 nitrogen and oxygen atoms in total. The Morgan fingerprint density at radius 1 is 1.43 bits per heavy atom. The highest BCUT2D eigenvalue weighted by Gasteiger charge is 2.34. The van der Waals surface area contributed by atoms with Crippen LogP contribution in [0.25, 0.3) is 0 Å². The summed E-state index contributed by atoms with van der Waals surface area (Å²) in [6, 6.07) is 5.24. The van der Waals surface area contributed by atoms with Crippen LogP contribution in [0.4, 0.5) is 0 Å². The number of likely N-dealkylation sites (N-methyl/N-ethyl adjacent to an activating group) is 1. The number of benzene rings is 1. The van der Waals surface area contributed by atoms with Crippen LogP contribution in [0.3, 0.4) is 0 Å². The lowest BCUT2D eigenvalue weighted by Crippen LogP contribution is -2.34. The van der Waals surface area contributed by atoms with Crippen LogP contribution in [0, 0.1) is 0 Å². The molecule has 1 unspecified atom stereocenters. The predicted octanol–water partition coefficient (Wildman–Crippen LogP) is 1.76. The minimum Gasteiger partial charge on any atom is -0.495 e. The molecule has 1 fully saturated rings. The first-order chi connectivity index (χ1) is 9.90. The van der Waals surface area contributed by atoms with Gasteiger partial charge in [-0.2, -0.15) is 4.31 Å². The molecule has 0 aliphatic carbocycles. The molecule has 21 heavy (non-hydrogen) atoms. The van der Waals surface area contributed by atoms with Gasteiger partial charge in [0, 0.05) is 25.0 Å². The quantitative estimate of drug-likeness (QED) is 0.771. The molecule has 1 aliphatic heterocycles. The van der Waals surface area contributed by atoms with Crippen molar-refractivity contribution in [3.8, 4) is 5.75 Å². The second kappa shape index (κ2) is 6.52. The monoisotopic (exact) mass is 332 g/mol. The molecule has 1 aliphatic rings. The summed E-state index contributed by atoms with van der Waals surface area (Å²) in [5.41, 5.74) is 0.833. The largest absolute Gasteiger partial charge is 0.495 e. The van der Waals surface area contributed by atoms with Gasteiger partial charge >= 0.3 is 0 Å². The number of hydrogen-bond acceptors (Lipinski definition) is 4. The van der Waals surface area contributed by atoms with Crippen molar-refractivity contribution in [3.05, 3.63) is 23.8 Å². The molecular formula is C14H21ClN2O3S. The van der Waals surface area contributed by atoms with E-state index in [2.05, 4.69) is 4.90 Å². The number of rotatable bonds is 5. The molecule has 0 bridgehead atoms. The molecule has 1 saturated heterocycles. The SMILES string of the molecule is COc1cc(CCl)ccc1S(=O)(=O)N1CCC(N(C)C)C1. The van der Waals surface area contributed by atoms with Gasteiger partial charge in [-0.05, 0) is 38.2 Å². The van der Waals surface area contributed by atoms with E-state index in [9.17, 15) is 8.42 Å². The lowest BCUT2D eigenvalue weighted by Gasteiger charge is -2.21. The molecule has 0 aromatic heterocycles. The molecule has 0 N–H and O–H groups in total. The number of alkyl halides is 1. The van der Waals surface area contributed by atoms with Crippen LogP contribution in [0.1, 0.15) is 12.0 Å². The van der Waals surface area contributed by atoms with E-state index in [1.807, 2.05) is 14.1 Å². The van der Waals surface area contributed by atoms with E-state index in [-0.39, 0.29) is 10.9 Å². The smallest absolute Gasteiger partial charge is 0.246 e. The van der Waals surface area contributed by atoms with Gasteiger partial charge < -0.3 is 9.64 Å². The van der Waals surface area contributed by atoms with Crippen LogP contribution >= 0.6 is 11.6 Å². The summed E-state index contributed by atoms with van der Waals surface area (Å²) in [5.74, 6) is 0.671. The molecule has 1 aromatic rings. The third kappa shape index (κ3) is 3.34. The van der Waals surface area contributed by atoms with Crippen LogP contribution in [0.5, 0.6) is 5.75 Å². The molecule has 0 amide bonds. The zero-order chi connectivity index (χ0) is 15.6. The average Bonchev–Trinajstić information content (AvgIpc) is 2.97. The first kappa shape index (κ1) is 16.5.